The van der Waals surface area contributed by atoms with Crippen LogP contribution in [0.5, 0.6) is 0 Å². The summed E-state index contributed by atoms with van der Waals surface area (Å²) in [6.07, 6.45) is 3.19. The predicted molar refractivity (Wildman–Crippen MR) is 81.2 cm³/mol. The zero-order chi connectivity index (χ0) is 13.7. The van der Waals surface area contributed by atoms with Gasteiger partial charge in [0, 0.05) is 19.8 Å². The Hall–Kier alpha value is -2.06. The number of benzene rings is 2. The lowest BCUT2D eigenvalue weighted by Crippen LogP contribution is -2.07. The summed E-state index contributed by atoms with van der Waals surface area (Å²) in [7, 11) is 4.04. The lowest BCUT2D eigenvalue weighted by atomic mass is 10.1. The molecule has 0 fully saturated rings. The fourth-order valence-electron chi connectivity index (χ4n) is 1.85. The Balaban J connectivity index is 2.06. The summed E-state index contributed by atoms with van der Waals surface area (Å²) in [6, 6.07) is 17.9. The fourth-order valence-corrected chi connectivity index (χ4v) is 1.85. The quantitative estimate of drug-likeness (QED) is 0.901. The van der Waals surface area contributed by atoms with Gasteiger partial charge >= 0.3 is 0 Å². The van der Waals surface area contributed by atoms with Crippen molar-refractivity contribution in [2.24, 2.45) is 0 Å². The first-order chi connectivity index (χ1) is 9.16. The molecule has 1 unspecified atom stereocenters. The molecule has 0 aliphatic rings. The van der Waals surface area contributed by atoms with Crippen molar-refractivity contribution in [2.75, 3.05) is 19.0 Å². The smallest absolute Gasteiger partial charge is 0.0975 e. The van der Waals surface area contributed by atoms with Gasteiger partial charge in [-0.05, 0) is 23.3 Å². The van der Waals surface area contributed by atoms with E-state index in [0.717, 1.165) is 11.1 Å². The minimum atomic E-state index is -0.560. The van der Waals surface area contributed by atoms with Crippen molar-refractivity contribution in [2.45, 2.75) is 6.10 Å². The Bertz CT molecular complexity index is 529. The lowest BCUT2D eigenvalue weighted by molar-refractivity contribution is 0.229. The van der Waals surface area contributed by atoms with Gasteiger partial charge in [0.1, 0.15) is 0 Å². The van der Waals surface area contributed by atoms with Gasteiger partial charge in [0.25, 0.3) is 0 Å². The molecule has 0 aliphatic heterocycles. The second-order valence-electron chi connectivity index (χ2n) is 4.70. The molecule has 0 aliphatic carbocycles. The first kappa shape index (κ1) is 13.4. The number of anilines is 1. The van der Waals surface area contributed by atoms with E-state index in [0.29, 0.717) is 0 Å². The van der Waals surface area contributed by atoms with Crippen LogP contribution in [-0.2, 0) is 0 Å². The van der Waals surface area contributed by atoms with E-state index in [-0.39, 0.29) is 0 Å². The zero-order valence-corrected chi connectivity index (χ0v) is 11.3. The predicted octanol–water partition coefficient (Wildman–Crippen LogP) is 3.50. The average Bonchev–Trinajstić information content (AvgIpc) is 2.46. The van der Waals surface area contributed by atoms with Crippen molar-refractivity contribution < 1.29 is 5.11 Å². The summed E-state index contributed by atoms with van der Waals surface area (Å²) in [5, 5.41) is 10.0. The van der Waals surface area contributed by atoms with Gasteiger partial charge in [-0.1, -0.05) is 54.6 Å². The van der Waals surface area contributed by atoms with Gasteiger partial charge in [-0.15, -0.1) is 0 Å². The molecule has 0 spiro atoms. The van der Waals surface area contributed by atoms with Crippen molar-refractivity contribution in [3.05, 3.63) is 71.8 Å². The van der Waals surface area contributed by atoms with E-state index < -0.39 is 6.10 Å². The van der Waals surface area contributed by atoms with Gasteiger partial charge in [-0.25, -0.2) is 0 Å². The van der Waals surface area contributed by atoms with Gasteiger partial charge < -0.3 is 10.0 Å². The molecule has 2 aromatic rings. The maximum absolute atomic E-state index is 10.0. The molecule has 0 bridgehead atoms. The third-order valence-corrected chi connectivity index (χ3v) is 3.02. The molecule has 0 heterocycles. The van der Waals surface area contributed by atoms with Crippen LogP contribution in [0.4, 0.5) is 5.69 Å². The molecule has 0 aromatic heterocycles. The normalized spacial score (nSPS) is 12.6. The summed E-state index contributed by atoms with van der Waals surface area (Å²) in [5.41, 5.74) is 3.16. The number of nitrogens with zero attached hydrogens (tertiary/aromatic N) is 1. The SMILES string of the molecule is CN(C)c1ccc(/C=C/C(O)c2ccccc2)cc1. The van der Waals surface area contributed by atoms with Crippen LogP contribution in [0.25, 0.3) is 6.08 Å². The van der Waals surface area contributed by atoms with Gasteiger partial charge in [-0.3, -0.25) is 0 Å². The zero-order valence-electron chi connectivity index (χ0n) is 11.3. The number of rotatable bonds is 4. The van der Waals surface area contributed by atoms with Crippen LogP contribution in [0, 0.1) is 0 Å². The van der Waals surface area contributed by atoms with E-state index in [1.807, 2.05) is 62.6 Å². The number of aliphatic hydroxyl groups excluding tert-OH is 1. The summed E-state index contributed by atoms with van der Waals surface area (Å²) in [4.78, 5) is 2.06. The van der Waals surface area contributed by atoms with Crippen LogP contribution in [-0.4, -0.2) is 19.2 Å². The Morgan fingerprint density at radius 2 is 1.58 bits per heavy atom. The van der Waals surface area contributed by atoms with Crippen molar-refractivity contribution in [1.82, 2.24) is 0 Å². The third-order valence-electron chi connectivity index (χ3n) is 3.02. The Kier molecular flexibility index (Phi) is 4.37. The van der Waals surface area contributed by atoms with E-state index in [1.165, 1.54) is 5.69 Å². The molecule has 2 aromatic carbocycles. The van der Waals surface area contributed by atoms with Gasteiger partial charge in [-0.2, -0.15) is 0 Å². The number of hydrogen-bond acceptors (Lipinski definition) is 2. The van der Waals surface area contributed by atoms with E-state index in [9.17, 15) is 5.11 Å². The highest BCUT2D eigenvalue weighted by Crippen LogP contribution is 2.17. The minimum Gasteiger partial charge on any atom is -0.384 e. The van der Waals surface area contributed by atoms with Crippen LogP contribution in [0.15, 0.2) is 60.7 Å². The molecule has 1 N–H and O–H groups in total. The Morgan fingerprint density at radius 1 is 0.947 bits per heavy atom. The van der Waals surface area contributed by atoms with Crippen molar-refractivity contribution in [3.8, 4) is 0 Å². The Labute approximate surface area is 114 Å². The summed E-state index contributed by atoms with van der Waals surface area (Å²) < 4.78 is 0. The van der Waals surface area contributed by atoms with Crippen LogP contribution in [0.1, 0.15) is 17.2 Å². The maximum Gasteiger partial charge on any atom is 0.0975 e. The summed E-state index contributed by atoms with van der Waals surface area (Å²) in [5.74, 6) is 0. The molecule has 0 radical (unpaired) electrons. The minimum absolute atomic E-state index is 0.560. The number of aliphatic hydroxyl groups is 1. The van der Waals surface area contributed by atoms with E-state index in [1.54, 1.807) is 6.08 Å². The summed E-state index contributed by atoms with van der Waals surface area (Å²) >= 11 is 0. The van der Waals surface area contributed by atoms with Crippen molar-refractivity contribution in [1.29, 1.82) is 0 Å². The van der Waals surface area contributed by atoms with Gasteiger partial charge in [0.15, 0.2) is 0 Å². The molecule has 0 amide bonds. The molecule has 0 saturated heterocycles. The molecule has 98 valence electrons. The van der Waals surface area contributed by atoms with Crippen molar-refractivity contribution >= 4 is 11.8 Å². The molecule has 0 saturated carbocycles. The largest absolute Gasteiger partial charge is 0.384 e. The molecule has 1 atom stereocenters. The molecule has 2 nitrogen and oxygen atoms in total. The van der Waals surface area contributed by atoms with Crippen LogP contribution >= 0.6 is 0 Å². The number of hydrogen-bond donors (Lipinski definition) is 1. The second-order valence-corrected chi connectivity index (χ2v) is 4.70. The van der Waals surface area contributed by atoms with Gasteiger partial charge in [0.05, 0.1) is 6.10 Å². The highest BCUT2D eigenvalue weighted by molar-refractivity contribution is 5.56. The highest BCUT2D eigenvalue weighted by Gasteiger charge is 2.01. The van der Waals surface area contributed by atoms with Crippen molar-refractivity contribution in [3.63, 3.8) is 0 Å². The standard InChI is InChI=1S/C17H19NO/c1-18(2)16-11-8-14(9-12-16)10-13-17(19)15-6-4-3-5-7-15/h3-13,17,19H,1-2H3/b13-10+. The molecule has 2 heteroatoms. The first-order valence-corrected chi connectivity index (χ1v) is 6.35. The molecular formula is C17H19NO. The Morgan fingerprint density at radius 3 is 2.16 bits per heavy atom. The highest BCUT2D eigenvalue weighted by atomic mass is 16.3. The monoisotopic (exact) mass is 253 g/mol. The molecule has 2 rings (SSSR count). The van der Waals surface area contributed by atoms with E-state index in [4.69, 9.17) is 0 Å². The topological polar surface area (TPSA) is 23.5 Å². The molecule has 19 heavy (non-hydrogen) atoms. The molecular weight excluding hydrogens is 234 g/mol. The van der Waals surface area contributed by atoms with Crippen LogP contribution in [0.2, 0.25) is 0 Å². The summed E-state index contributed by atoms with van der Waals surface area (Å²) in [6.45, 7) is 0. The van der Waals surface area contributed by atoms with Crippen LogP contribution in [0.3, 0.4) is 0 Å². The maximum atomic E-state index is 10.0. The average molecular weight is 253 g/mol. The second kappa shape index (κ2) is 6.21. The van der Waals surface area contributed by atoms with E-state index >= 15 is 0 Å². The fraction of sp³-hybridized carbons (Fsp3) is 0.176. The lowest BCUT2D eigenvalue weighted by Gasteiger charge is -2.12. The first-order valence-electron chi connectivity index (χ1n) is 6.35. The third kappa shape index (κ3) is 3.70. The van der Waals surface area contributed by atoms with Gasteiger partial charge in [0.2, 0.25) is 0 Å². The van der Waals surface area contributed by atoms with E-state index in [2.05, 4.69) is 17.0 Å². The van der Waals surface area contributed by atoms with Crippen LogP contribution < -0.4 is 4.90 Å².